The molecular weight excluding hydrogens is 384 g/mol. The van der Waals surface area contributed by atoms with Crippen molar-refractivity contribution >= 4 is 23.6 Å². The highest BCUT2D eigenvalue weighted by Gasteiger charge is 2.39. The fourth-order valence-electron chi connectivity index (χ4n) is 4.28. The standard InChI is InChI=1S/C22H22N4O4/c27-18-6-5-17(21(29)25-18)26-11-14-2-1-12(9-16(14)22(26)30)10-24-20(28)15-7-8-23-19(15)13-3-4-13/h1-2,7-9,13,17,23H,3-6,10-11H2,(H,24,28)(H,25,27,29). The van der Waals surface area contributed by atoms with Gasteiger partial charge in [0.2, 0.25) is 11.8 Å². The normalized spacial score (nSPS) is 20.9. The molecule has 1 unspecified atom stereocenters. The second-order valence-electron chi connectivity index (χ2n) is 8.15. The Labute approximate surface area is 173 Å². The Hall–Kier alpha value is -3.42. The van der Waals surface area contributed by atoms with E-state index in [4.69, 9.17) is 0 Å². The van der Waals surface area contributed by atoms with E-state index in [1.165, 1.54) is 4.90 Å². The Morgan fingerprint density at radius 1 is 1.13 bits per heavy atom. The molecule has 3 heterocycles. The number of carbonyl (C=O) groups is 4. The van der Waals surface area contributed by atoms with Crippen LogP contribution < -0.4 is 10.6 Å². The van der Waals surface area contributed by atoms with Crippen LogP contribution in [0.1, 0.15) is 69.1 Å². The molecule has 0 bridgehead atoms. The van der Waals surface area contributed by atoms with Gasteiger partial charge < -0.3 is 15.2 Å². The lowest BCUT2D eigenvalue weighted by molar-refractivity contribution is -0.136. The van der Waals surface area contributed by atoms with Gasteiger partial charge in [-0.1, -0.05) is 12.1 Å². The van der Waals surface area contributed by atoms with Gasteiger partial charge in [-0.25, -0.2) is 0 Å². The SMILES string of the molecule is O=C1CCC(N2Cc3ccc(CNC(=O)c4cc[nH]c4C4CC4)cc3C2=O)C(=O)N1. The molecular formula is C22H22N4O4. The summed E-state index contributed by atoms with van der Waals surface area (Å²) in [5.74, 6) is -0.607. The first-order valence-corrected chi connectivity index (χ1v) is 10.2. The third-order valence-electron chi connectivity index (χ3n) is 6.05. The number of benzene rings is 1. The predicted octanol–water partition coefficient (Wildman–Crippen LogP) is 1.58. The van der Waals surface area contributed by atoms with Crippen molar-refractivity contribution in [2.75, 3.05) is 0 Å². The van der Waals surface area contributed by atoms with Gasteiger partial charge in [0, 0.05) is 37.0 Å². The van der Waals surface area contributed by atoms with Crippen LogP contribution in [0.3, 0.4) is 0 Å². The van der Waals surface area contributed by atoms with Crippen LogP contribution in [-0.2, 0) is 22.7 Å². The van der Waals surface area contributed by atoms with Crippen LogP contribution in [0.4, 0.5) is 0 Å². The Morgan fingerprint density at radius 3 is 2.73 bits per heavy atom. The summed E-state index contributed by atoms with van der Waals surface area (Å²) in [6, 6.07) is 6.71. The highest BCUT2D eigenvalue weighted by molar-refractivity contribution is 6.05. The third-order valence-corrected chi connectivity index (χ3v) is 6.05. The van der Waals surface area contributed by atoms with Crippen molar-refractivity contribution in [1.82, 2.24) is 20.5 Å². The molecule has 3 N–H and O–H groups in total. The van der Waals surface area contributed by atoms with E-state index in [9.17, 15) is 19.2 Å². The lowest BCUT2D eigenvalue weighted by atomic mass is 10.0. The number of hydrogen-bond acceptors (Lipinski definition) is 4. The predicted molar refractivity (Wildman–Crippen MR) is 106 cm³/mol. The molecule has 1 atom stereocenters. The fourth-order valence-corrected chi connectivity index (χ4v) is 4.28. The molecule has 2 aliphatic heterocycles. The molecule has 1 aromatic heterocycles. The van der Waals surface area contributed by atoms with Crippen molar-refractivity contribution in [3.8, 4) is 0 Å². The molecule has 0 radical (unpaired) electrons. The number of rotatable bonds is 5. The summed E-state index contributed by atoms with van der Waals surface area (Å²) in [6.45, 7) is 0.661. The van der Waals surface area contributed by atoms with Crippen molar-refractivity contribution in [1.29, 1.82) is 0 Å². The first-order valence-electron chi connectivity index (χ1n) is 10.2. The molecule has 2 aromatic rings. The molecule has 1 aromatic carbocycles. The van der Waals surface area contributed by atoms with Gasteiger partial charge in [-0.3, -0.25) is 24.5 Å². The molecule has 3 aliphatic rings. The zero-order valence-corrected chi connectivity index (χ0v) is 16.4. The lowest BCUT2D eigenvalue weighted by Crippen LogP contribution is -2.52. The summed E-state index contributed by atoms with van der Waals surface area (Å²) >= 11 is 0. The maximum Gasteiger partial charge on any atom is 0.255 e. The van der Waals surface area contributed by atoms with E-state index in [-0.39, 0.29) is 24.1 Å². The van der Waals surface area contributed by atoms with Gasteiger partial charge in [0.1, 0.15) is 6.04 Å². The summed E-state index contributed by atoms with van der Waals surface area (Å²) in [7, 11) is 0. The van der Waals surface area contributed by atoms with Crippen molar-refractivity contribution in [2.45, 2.75) is 50.7 Å². The third kappa shape index (κ3) is 3.28. The second kappa shape index (κ2) is 7.12. The summed E-state index contributed by atoms with van der Waals surface area (Å²) in [6.07, 6.45) is 4.58. The zero-order valence-electron chi connectivity index (χ0n) is 16.4. The van der Waals surface area contributed by atoms with Crippen LogP contribution in [-0.4, -0.2) is 39.6 Å². The van der Waals surface area contributed by atoms with Crippen molar-refractivity contribution < 1.29 is 19.2 Å². The minimum atomic E-state index is -0.625. The molecule has 4 amide bonds. The Morgan fingerprint density at radius 2 is 1.97 bits per heavy atom. The second-order valence-corrected chi connectivity index (χ2v) is 8.15. The number of nitrogens with one attached hydrogen (secondary N) is 3. The molecule has 1 aliphatic carbocycles. The summed E-state index contributed by atoms with van der Waals surface area (Å²) in [4.78, 5) is 53.7. The van der Waals surface area contributed by atoms with E-state index in [1.807, 2.05) is 12.1 Å². The van der Waals surface area contributed by atoms with E-state index >= 15 is 0 Å². The molecule has 8 nitrogen and oxygen atoms in total. The Bertz CT molecular complexity index is 1070. The number of hydrogen-bond donors (Lipinski definition) is 3. The van der Waals surface area contributed by atoms with Crippen LogP contribution in [0.2, 0.25) is 0 Å². The quantitative estimate of drug-likeness (QED) is 0.655. The molecule has 5 rings (SSSR count). The molecule has 1 saturated heterocycles. The summed E-state index contributed by atoms with van der Waals surface area (Å²) in [5.41, 5.74) is 3.90. The van der Waals surface area contributed by atoms with Gasteiger partial charge >= 0.3 is 0 Å². The largest absolute Gasteiger partial charge is 0.364 e. The first-order chi connectivity index (χ1) is 14.5. The zero-order chi connectivity index (χ0) is 20.8. The number of nitrogens with zero attached hydrogens (tertiary/aromatic N) is 1. The van der Waals surface area contributed by atoms with Crippen molar-refractivity contribution in [3.63, 3.8) is 0 Å². The maximum absolute atomic E-state index is 12.9. The van der Waals surface area contributed by atoms with Gasteiger partial charge in [-0.2, -0.15) is 0 Å². The van der Waals surface area contributed by atoms with E-state index < -0.39 is 11.9 Å². The van der Waals surface area contributed by atoms with E-state index in [2.05, 4.69) is 15.6 Å². The number of piperidine rings is 1. The number of carbonyl (C=O) groups excluding carboxylic acids is 4. The molecule has 1 saturated carbocycles. The maximum atomic E-state index is 12.9. The minimum absolute atomic E-state index is 0.129. The fraction of sp³-hybridized carbons (Fsp3) is 0.364. The van der Waals surface area contributed by atoms with E-state index in [1.54, 1.807) is 18.3 Å². The summed E-state index contributed by atoms with van der Waals surface area (Å²) in [5, 5.41) is 5.24. The highest BCUT2D eigenvalue weighted by atomic mass is 16.2. The highest BCUT2D eigenvalue weighted by Crippen LogP contribution is 2.40. The van der Waals surface area contributed by atoms with E-state index in [0.717, 1.165) is 29.7 Å². The molecule has 0 spiro atoms. The van der Waals surface area contributed by atoms with E-state index in [0.29, 0.717) is 36.6 Å². The number of aromatic amines is 1. The number of amides is 4. The molecule has 8 heteroatoms. The van der Waals surface area contributed by atoms with Crippen LogP contribution >= 0.6 is 0 Å². The van der Waals surface area contributed by atoms with Gasteiger partial charge in [-0.15, -0.1) is 0 Å². The molecule has 30 heavy (non-hydrogen) atoms. The van der Waals surface area contributed by atoms with Crippen LogP contribution in [0.15, 0.2) is 30.5 Å². The smallest absolute Gasteiger partial charge is 0.255 e. The molecule has 154 valence electrons. The number of H-pyrrole nitrogens is 1. The topological polar surface area (TPSA) is 111 Å². The van der Waals surface area contributed by atoms with Gasteiger partial charge in [0.25, 0.3) is 11.8 Å². The summed E-state index contributed by atoms with van der Waals surface area (Å²) < 4.78 is 0. The van der Waals surface area contributed by atoms with Gasteiger partial charge in [-0.05, 0) is 48.4 Å². The van der Waals surface area contributed by atoms with Crippen molar-refractivity contribution in [2.24, 2.45) is 0 Å². The number of imide groups is 1. The average Bonchev–Trinajstić information content (AvgIpc) is 3.37. The van der Waals surface area contributed by atoms with Gasteiger partial charge in [0.15, 0.2) is 0 Å². The average molecular weight is 406 g/mol. The minimum Gasteiger partial charge on any atom is -0.364 e. The monoisotopic (exact) mass is 406 g/mol. The Balaban J connectivity index is 1.27. The van der Waals surface area contributed by atoms with Crippen LogP contribution in [0.5, 0.6) is 0 Å². The number of fused-ring (bicyclic) bond motifs is 1. The lowest BCUT2D eigenvalue weighted by Gasteiger charge is -2.29. The van der Waals surface area contributed by atoms with Crippen LogP contribution in [0, 0.1) is 0 Å². The van der Waals surface area contributed by atoms with Crippen LogP contribution in [0.25, 0.3) is 0 Å². The Kier molecular flexibility index (Phi) is 4.42. The first kappa shape index (κ1) is 18.6. The van der Waals surface area contributed by atoms with Gasteiger partial charge in [0.05, 0.1) is 5.56 Å². The van der Waals surface area contributed by atoms with Crippen molar-refractivity contribution in [3.05, 3.63) is 58.4 Å². The molecule has 2 fully saturated rings. The number of aromatic nitrogens is 1.